The van der Waals surface area contributed by atoms with Gasteiger partial charge >= 0.3 is 5.97 Å². The van der Waals surface area contributed by atoms with Gasteiger partial charge in [0.25, 0.3) is 11.5 Å². The molecule has 0 bridgehead atoms. The van der Waals surface area contributed by atoms with E-state index in [-0.39, 0.29) is 11.5 Å². The van der Waals surface area contributed by atoms with Gasteiger partial charge in [-0.1, -0.05) is 0 Å². The molecule has 120 valence electrons. The number of hydrogen-bond acceptors (Lipinski definition) is 4. The first-order valence-electron chi connectivity index (χ1n) is 7.47. The largest absolute Gasteiger partial charge is 0.481 e. The van der Waals surface area contributed by atoms with Crippen molar-refractivity contribution in [3.8, 4) is 0 Å². The number of nitrogens with zero attached hydrogens (tertiary/aromatic N) is 3. The Kier molecular flexibility index (Phi) is 3.85. The van der Waals surface area contributed by atoms with Crippen LogP contribution in [0.2, 0.25) is 0 Å². The Bertz CT molecular complexity index is 835. The number of carbonyl (C=O) groups is 2. The van der Waals surface area contributed by atoms with Gasteiger partial charge in [0.2, 0.25) is 0 Å². The van der Waals surface area contributed by atoms with Crippen LogP contribution in [0.25, 0.3) is 5.65 Å². The molecule has 0 unspecified atom stereocenters. The quantitative estimate of drug-likeness (QED) is 0.890. The summed E-state index contributed by atoms with van der Waals surface area (Å²) in [6.07, 6.45) is 3.72. The molecular weight excluding hydrogens is 298 g/mol. The minimum absolute atomic E-state index is 0.0140. The molecule has 0 aromatic carbocycles. The van der Waals surface area contributed by atoms with Gasteiger partial charge in [-0.25, -0.2) is 4.98 Å². The van der Waals surface area contributed by atoms with Crippen molar-refractivity contribution in [3.05, 3.63) is 46.0 Å². The molecule has 1 fully saturated rings. The molecular formula is C16H17N3O4. The highest BCUT2D eigenvalue weighted by Gasteiger charge is 2.28. The van der Waals surface area contributed by atoms with E-state index in [9.17, 15) is 14.4 Å². The van der Waals surface area contributed by atoms with Crippen LogP contribution in [0.3, 0.4) is 0 Å². The zero-order chi connectivity index (χ0) is 16.6. The zero-order valence-corrected chi connectivity index (χ0v) is 12.7. The van der Waals surface area contributed by atoms with Gasteiger partial charge in [-0.05, 0) is 37.5 Å². The van der Waals surface area contributed by atoms with Crippen LogP contribution >= 0.6 is 0 Å². The lowest BCUT2D eigenvalue weighted by Crippen LogP contribution is -2.42. The predicted molar refractivity (Wildman–Crippen MR) is 82.5 cm³/mol. The predicted octanol–water partition coefficient (Wildman–Crippen LogP) is 0.940. The van der Waals surface area contributed by atoms with Crippen molar-refractivity contribution in [2.45, 2.75) is 19.8 Å². The van der Waals surface area contributed by atoms with E-state index >= 15 is 0 Å². The maximum absolute atomic E-state index is 12.5. The van der Waals surface area contributed by atoms with Crippen molar-refractivity contribution in [1.29, 1.82) is 0 Å². The van der Waals surface area contributed by atoms with Gasteiger partial charge in [-0.2, -0.15) is 0 Å². The van der Waals surface area contributed by atoms with Crippen molar-refractivity contribution < 1.29 is 14.7 Å². The number of piperidine rings is 1. The lowest BCUT2D eigenvalue weighted by atomic mass is 9.97. The number of aliphatic carboxylic acids is 1. The highest BCUT2D eigenvalue weighted by Crippen LogP contribution is 2.18. The van der Waals surface area contributed by atoms with E-state index in [1.54, 1.807) is 18.3 Å². The lowest BCUT2D eigenvalue weighted by molar-refractivity contribution is -0.143. The van der Waals surface area contributed by atoms with Crippen LogP contribution in [-0.4, -0.2) is 44.4 Å². The number of fused-ring (bicyclic) bond motifs is 1. The number of pyridine rings is 1. The van der Waals surface area contributed by atoms with Crippen molar-refractivity contribution in [2.24, 2.45) is 5.92 Å². The first-order valence-corrected chi connectivity index (χ1v) is 7.47. The van der Waals surface area contributed by atoms with Gasteiger partial charge in [0, 0.05) is 25.5 Å². The summed E-state index contributed by atoms with van der Waals surface area (Å²) in [5, 5.41) is 9.00. The Hall–Kier alpha value is -2.70. The number of likely N-dealkylation sites (tertiary alicyclic amines) is 1. The first-order chi connectivity index (χ1) is 11.0. The van der Waals surface area contributed by atoms with Crippen LogP contribution in [0.1, 0.15) is 28.8 Å². The maximum Gasteiger partial charge on any atom is 0.306 e. The Morgan fingerprint density at radius 2 is 2.00 bits per heavy atom. The molecule has 3 rings (SSSR count). The highest BCUT2D eigenvalue weighted by molar-refractivity contribution is 5.94. The Morgan fingerprint density at radius 1 is 1.30 bits per heavy atom. The number of rotatable bonds is 2. The summed E-state index contributed by atoms with van der Waals surface area (Å²) in [5.41, 5.74) is 1.09. The number of amides is 1. The average molecular weight is 315 g/mol. The van der Waals surface area contributed by atoms with Crippen molar-refractivity contribution in [3.63, 3.8) is 0 Å². The Balaban J connectivity index is 1.87. The summed E-state index contributed by atoms with van der Waals surface area (Å²) in [6, 6.07) is 3.55. The fourth-order valence-electron chi connectivity index (χ4n) is 2.82. The van der Waals surface area contributed by atoms with Crippen LogP contribution in [-0.2, 0) is 4.79 Å². The monoisotopic (exact) mass is 315 g/mol. The van der Waals surface area contributed by atoms with Gasteiger partial charge < -0.3 is 10.0 Å². The minimum Gasteiger partial charge on any atom is -0.481 e. The maximum atomic E-state index is 12.5. The third kappa shape index (κ3) is 2.81. The van der Waals surface area contributed by atoms with Gasteiger partial charge in [-0.3, -0.25) is 18.8 Å². The lowest BCUT2D eigenvalue weighted by Gasteiger charge is -2.29. The molecule has 1 amide bonds. The number of carboxylic acids is 1. The average Bonchev–Trinajstić information content (AvgIpc) is 2.54. The molecule has 1 N–H and O–H groups in total. The van der Waals surface area contributed by atoms with Crippen molar-refractivity contribution in [1.82, 2.24) is 14.3 Å². The van der Waals surface area contributed by atoms with E-state index in [4.69, 9.17) is 5.11 Å². The smallest absolute Gasteiger partial charge is 0.306 e. The molecule has 2 aromatic rings. The molecule has 1 aliphatic rings. The second-order valence-electron chi connectivity index (χ2n) is 5.81. The van der Waals surface area contributed by atoms with Crippen LogP contribution in [0.4, 0.5) is 0 Å². The van der Waals surface area contributed by atoms with Gasteiger partial charge in [0.1, 0.15) is 11.2 Å². The van der Waals surface area contributed by atoms with E-state index in [0.29, 0.717) is 31.6 Å². The molecule has 0 aliphatic carbocycles. The Labute approximate surface area is 132 Å². The summed E-state index contributed by atoms with van der Waals surface area (Å²) in [7, 11) is 0. The SMILES string of the molecule is Cc1ccn2c(=O)c(C(=O)N3CCC(C(=O)O)CC3)cnc2c1. The molecule has 23 heavy (non-hydrogen) atoms. The van der Waals surface area contributed by atoms with Crippen LogP contribution in [0.15, 0.2) is 29.3 Å². The van der Waals surface area contributed by atoms with E-state index in [1.165, 1.54) is 15.5 Å². The number of aromatic nitrogens is 2. The molecule has 1 aliphatic heterocycles. The summed E-state index contributed by atoms with van der Waals surface area (Å²) in [4.78, 5) is 41.7. The van der Waals surface area contributed by atoms with E-state index < -0.39 is 17.4 Å². The fraction of sp³-hybridized carbons (Fsp3) is 0.375. The minimum atomic E-state index is -0.833. The molecule has 0 radical (unpaired) electrons. The third-order valence-corrected chi connectivity index (χ3v) is 4.23. The molecule has 2 aromatic heterocycles. The standard InChI is InChI=1S/C16H17N3O4/c1-10-2-7-19-13(8-10)17-9-12(15(19)21)14(20)18-5-3-11(4-6-18)16(22)23/h2,7-9,11H,3-6H2,1H3,(H,22,23). The van der Waals surface area contributed by atoms with Crippen LogP contribution < -0.4 is 5.56 Å². The summed E-state index contributed by atoms with van der Waals surface area (Å²) < 4.78 is 1.35. The first kappa shape index (κ1) is 15.2. The van der Waals surface area contributed by atoms with Gasteiger partial charge in [-0.15, -0.1) is 0 Å². The van der Waals surface area contributed by atoms with E-state index in [0.717, 1.165) is 5.56 Å². The number of carboxylic acid groups (broad SMARTS) is 1. The van der Waals surface area contributed by atoms with Crippen LogP contribution in [0, 0.1) is 12.8 Å². The van der Waals surface area contributed by atoms with E-state index in [2.05, 4.69) is 4.98 Å². The summed E-state index contributed by atoms with van der Waals surface area (Å²) in [6.45, 7) is 2.58. The molecule has 0 saturated carbocycles. The molecule has 7 nitrogen and oxygen atoms in total. The fourth-order valence-corrected chi connectivity index (χ4v) is 2.82. The molecule has 1 saturated heterocycles. The second kappa shape index (κ2) is 5.83. The molecule has 0 atom stereocenters. The summed E-state index contributed by atoms with van der Waals surface area (Å²) >= 11 is 0. The summed E-state index contributed by atoms with van der Waals surface area (Å²) in [5.74, 6) is -1.64. The topological polar surface area (TPSA) is 92.0 Å². The van der Waals surface area contributed by atoms with Gasteiger partial charge in [0.15, 0.2) is 0 Å². The molecule has 3 heterocycles. The van der Waals surface area contributed by atoms with Gasteiger partial charge in [0.05, 0.1) is 5.92 Å². The number of hydrogen-bond donors (Lipinski definition) is 1. The molecule has 0 spiro atoms. The van der Waals surface area contributed by atoms with E-state index in [1.807, 2.05) is 6.92 Å². The number of aryl methyl sites for hydroxylation is 1. The zero-order valence-electron chi connectivity index (χ0n) is 12.7. The normalized spacial score (nSPS) is 15.8. The Morgan fingerprint density at radius 3 is 2.65 bits per heavy atom. The third-order valence-electron chi connectivity index (χ3n) is 4.23. The number of carbonyl (C=O) groups excluding carboxylic acids is 1. The highest BCUT2D eigenvalue weighted by atomic mass is 16.4. The van der Waals surface area contributed by atoms with Crippen molar-refractivity contribution in [2.75, 3.05) is 13.1 Å². The van der Waals surface area contributed by atoms with Crippen molar-refractivity contribution >= 4 is 17.5 Å². The second-order valence-corrected chi connectivity index (χ2v) is 5.81. The van der Waals surface area contributed by atoms with Crippen LogP contribution in [0.5, 0.6) is 0 Å². The molecule has 7 heteroatoms.